The van der Waals surface area contributed by atoms with Crippen LogP contribution >= 0.6 is 7.82 Å². The van der Waals surface area contributed by atoms with E-state index in [9.17, 15) is 19.3 Å². The number of carbonyl (C=O) groups is 2. The second kappa shape index (κ2) is 29.1. The quantitative estimate of drug-likeness (QED) is 0.0250. The monoisotopic (exact) mass is 654 g/mol. The van der Waals surface area contributed by atoms with E-state index in [1.165, 1.54) is 19.3 Å². The highest BCUT2D eigenvalue weighted by molar-refractivity contribution is 7.46. The van der Waals surface area contributed by atoms with Crippen molar-refractivity contribution in [3.05, 3.63) is 60.8 Å². The molecule has 0 aromatic heterocycles. The summed E-state index contributed by atoms with van der Waals surface area (Å²) in [6.07, 6.45) is 30.1. The number of allylic oxidation sites excluding steroid dienone is 9. The van der Waals surface area contributed by atoms with Crippen LogP contribution < -0.4 is 0 Å². The fourth-order valence-electron chi connectivity index (χ4n) is 4.11. The zero-order chi connectivity index (χ0) is 33.6. The van der Waals surface area contributed by atoms with E-state index in [0.29, 0.717) is 19.3 Å². The van der Waals surface area contributed by atoms with Gasteiger partial charge in [0, 0.05) is 12.8 Å². The van der Waals surface area contributed by atoms with Crippen molar-refractivity contribution in [2.75, 3.05) is 13.2 Å². The van der Waals surface area contributed by atoms with Crippen LogP contribution in [-0.4, -0.2) is 52.3 Å². The van der Waals surface area contributed by atoms with Crippen LogP contribution in [0.3, 0.4) is 0 Å². The number of esters is 2. The van der Waals surface area contributed by atoms with E-state index in [4.69, 9.17) is 19.3 Å². The third-order valence-corrected chi connectivity index (χ3v) is 7.07. The molecule has 0 aromatic carbocycles. The Hall–Kier alpha value is -2.29. The molecule has 0 saturated heterocycles. The molecule has 0 amide bonds. The highest BCUT2D eigenvalue weighted by Gasteiger charge is 2.23. The van der Waals surface area contributed by atoms with Crippen LogP contribution in [0.2, 0.25) is 0 Å². The normalized spacial score (nSPS) is 14.1. The van der Waals surface area contributed by atoms with Crippen molar-refractivity contribution in [1.29, 1.82) is 0 Å². The lowest BCUT2D eigenvalue weighted by Crippen LogP contribution is -2.29. The minimum absolute atomic E-state index is 0.0214. The molecule has 0 heterocycles. The van der Waals surface area contributed by atoms with Crippen LogP contribution in [0.25, 0.3) is 0 Å². The van der Waals surface area contributed by atoms with Gasteiger partial charge in [0.05, 0.1) is 12.7 Å². The van der Waals surface area contributed by atoms with Crippen LogP contribution in [0, 0.1) is 5.92 Å². The molecule has 10 heteroatoms. The minimum atomic E-state index is -4.80. The Bertz CT molecular complexity index is 947. The summed E-state index contributed by atoms with van der Waals surface area (Å²) in [4.78, 5) is 42.5. The van der Waals surface area contributed by atoms with E-state index in [0.717, 1.165) is 50.9 Å². The Morgan fingerprint density at radius 3 is 1.91 bits per heavy atom. The number of aliphatic hydroxyl groups is 1. The number of aliphatic hydroxyl groups excluding tert-OH is 1. The Morgan fingerprint density at radius 2 is 1.29 bits per heavy atom. The molecule has 2 atom stereocenters. The molecule has 0 aliphatic rings. The van der Waals surface area contributed by atoms with Gasteiger partial charge >= 0.3 is 19.8 Å². The van der Waals surface area contributed by atoms with Crippen molar-refractivity contribution < 1.29 is 43.0 Å². The molecule has 0 saturated carbocycles. The third-order valence-electron chi connectivity index (χ3n) is 6.58. The van der Waals surface area contributed by atoms with Crippen LogP contribution in [0.5, 0.6) is 0 Å². The number of phosphoric ester groups is 1. The first-order valence-corrected chi connectivity index (χ1v) is 18.1. The van der Waals surface area contributed by atoms with Crippen molar-refractivity contribution in [3.8, 4) is 0 Å². The van der Waals surface area contributed by atoms with E-state index < -0.39 is 38.6 Å². The maximum atomic E-state index is 12.3. The molecule has 0 rings (SSSR count). The zero-order valence-corrected chi connectivity index (χ0v) is 28.7. The summed E-state index contributed by atoms with van der Waals surface area (Å²) >= 11 is 0. The van der Waals surface area contributed by atoms with Crippen molar-refractivity contribution >= 4 is 19.8 Å². The molecule has 0 radical (unpaired) electrons. The van der Waals surface area contributed by atoms with Gasteiger partial charge in [-0.1, -0.05) is 120 Å². The fraction of sp³-hybridized carbons (Fsp3) is 0.657. The van der Waals surface area contributed by atoms with Gasteiger partial charge < -0.3 is 24.4 Å². The smallest absolute Gasteiger partial charge is 0.462 e. The average molecular weight is 655 g/mol. The summed E-state index contributed by atoms with van der Waals surface area (Å²) in [5.41, 5.74) is 0. The maximum Gasteiger partial charge on any atom is 0.469 e. The molecule has 45 heavy (non-hydrogen) atoms. The number of rotatable bonds is 28. The van der Waals surface area contributed by atoms with Crippen molar-refractivity contribution in [1.82, 2.24) is 0 Å². The summed E-state index contributed by atoms with van der Waals surface area (Å²) in [6.45, 7) is 5.58. The molecule has 0 fully saturated rings. The van der Waals surface area contributed by atoms with Gasteiger partial charge in [-0.15, -0.1) is 0 Å². The third kappa shape index (κ3) is 32.9. The van der Waals surface area contributed by atoms with E-state index in [-0.39, 0.29) is 19.4 Å². The highest BCUT2D eigenvalue weighted by atomic mass is 31.2. The van der Waals surface area contributed by atoms with Crippen molar-refractivity contribution in [3.63, 3.8) is 0 Å². The molecule has 0 bridgehead atoms. The molecule has 0 aliphatic heterocycles. The second-order valence-corrected chi connectivity index (χ2v) is 12.7. The Morgan fingerprint density at radius 1 is 0.711 bits per heavy atom. The molecular weight excluding hydrogens is 595 g/mol. The molecule has 0 spiro atoms. The van der Waals surface area contributed by atoms with Gasteiger partial charge in [-0.05, 0) is 50.9 Å². The van der Waals surface area contributed by atoms with Crippen molar-refractivity contribution in [2.45, 2.75) is 129 Å². The zero-order valence-electron chi connectivity index (χ0n) is 27.8. The lowest BCUT2D eigenvalue weighted by Gasteiger charge is -2.18. The molecule has 0 aliphatic carbocycles. The van der Waals surface area contributed by atoms with Crippen molar-refractivity contribution in [2.24, 2.45) is 5.92 Å². The predicted octanol–water partition coefficient (Wildman–Crippen LogP) is 8.22. The standard InChI is InChI=1S/C35H59O9P/c1-4-5-6-7-8-9-10-11-12-13-14-18-21-25-32(36)26-23-28-35(38)44-33(30-43-45(39,40)41)29-42-34(37)27-22-19-16-15-17-20-24-31(2)3/h5-6,8-9,11-12,14,18,21,25,31-33,36H,4,7,10,13,15-17,19-20,22-24,26-30H2,1-3H3,(H2,39,40,41)/b6-5-,9-8-,12-11-,18-14-,25-21+/t32?,33-/m1/s1. The van der Waals surface area contributed by atoms with Crippen LogP contribution in [0.15, 0.2) is 60.8 Å². The Labute approximate surface area is 271 Å². The lowest BCUT2D eigenvalue weighted by atomic mass is 10.0. The number of hydrogen-bond donors (Lipinski definition) is 3. The van der Waals surface area contributed by atoms with Gasteiger partial charge in [-0.25, -0.2) is 4.57 Å². The SMILES string of the molecule is CC/C=C\C/C=C\C/C=C\C/C=C\C=C\C(O)CCCC(=O)O[C@H](COC(=O)CCCCCCCCC(C)C)COP(=O)(O)O. The first-order chi connectivity index (χ1) is 21.5. The van der Waals surface area contributed by atoms with Gasteiger partial charge in [0.25, 0.3) is 0 Å². The topological polar surface area (TPSA) is 140 Å². The number of carbonyl (C=O) groups excluding carboxylic acids is 2. The number of unbranched alkanes of at least 4 members (excludes halogenated alkanes) is 5. The Kier molecular flexibility index (Phi) is 27.7. The fourth-order valence-corrected chi connectivity index (χ4v) is 4.47. The van der Waals surface area contributed by atoms with Crippen LogP contribution in [0.1, 0.15) is 117 Å². The first kappa shape index (κ1) is 42.7. The summed E-state index contributed by atoms with van der Waals surface area (Å²) in [5.74, 6) is -0.383. The summed E-state index contributed by atoms with van der Waals surface area (Å²) in [5, 5.41) is 10.1. The van der Waals surface area contributed by atoms with Gasteiger partial charge in [0.2, 0.25) is 0 Å². The largest absolute Gasteiger partial charge is 0.469 e. The van der Waals surface area contributed by atoms with Gasteiger partial charge in [0.1, 0.15) is 6.61 Å². The van der Waals surface area contributed by atoms with E-state index >= 15 is 0 Å². The number of hydrogen-bond acceptors (Lipinski definition) is 7. The van der Waals surface area contributed by atoms with Gasteiger partial charge in [-0.3, -0.25) is 14.1 Å². The van der Waals surface area contributed by atoms with E-state index in [1.54, 1.807) is 12.2 Å². The van der Waals surface area contributed by atoms with Crippen LogP contribution in [0.4, 0.5) is 0 Å². The first-order valence-electron chi connectivity index (χ1n) is 16.5. The summed E-state index contributed by atoms with van der Waals surface area (Å²) < 4.78 is 26.0. The van der Waals surface area contributed by atoms with Crippen LogP contribution in [-0.2, 0) is 28.2 Å². The second-order valence-electron chi connectivity index (χ2n) is 11.4. The molecule has 9 nitrogen and oxygen atoms in total. The molecule has 258 valence electrons. The van der Waals surface area contributed by atoms with E-state index in [1.807, 2.05) is 12.2 Å². The lowest BCUT2D eigenvalue weighted by molar-refractivity contribution is -0.161. The number of phosphoric acid groups is 1. The predicted molar refractivity (Wildman–Crippen MR) is 180 cm³/mol. The minimum Gasteiger partial charge on any atom is -0.462 e. The highest BCUT2D eigenvalue weighted by Crippen LogP contribution is 2.35. The number of ether oxygens (including phenoxy) is 2. The maximum absolute atomic E-state index is 12.3. The van der Waals surface area contributed by atoms with Gasteiger partial charge in [0.15, 0.2) is 6.10 Å². The Balaban J connectivity index is 4.29. The average Bonchev–Trinajstić information content (AvgIpc) is 2.97. The molecule has 3 N–H and O–H groups in total. The molecule has 1 unspecified atom stereocenters. The molecule has 0 aromatic rings. The van der Waals surface area contributed by atoms with Gasteiger partial charge in [-0.2, -0.15) is 0 Å². The van der Waals surface area contributed by atoms with E-state index in [2.05, 4.69) is 61.8 Å². The summed E-state index contributed by atoms with van der Waals surface area (Å²) in [6, 6.07) is 0. The molecular formula is C35H59O9P. The summed E-state index contributed by atoms with van der Waals surface area (Å²) in [7, 11) is -4.80.